The van der Waals surface area contributed by atoms with Crippen LogP contribution in [0, 0.1) is 0 Å². The van der Waals surface area contributed by atoms with Crippen LogP contribution in [0.15, 0.2) is 50.8 Å². The molecule has 0 atom stereocenters. The molecule has 0 fully saturated rings. The summed E-state index contributed by atoms with van der Waals surface area (Å²) in [6.07, 6.45) is 1.73. The second-order valence-corrected chi connectivity index (χ2v) is 7.90. The first-order valence-corrected chi connectivity index (χ1v) is 10.1. The van der Waals surface area contributed by atoms with E-state index in [-0.39, 0.29) is 11.1 Å². The third-order valence-corrected chi connectivity index (χ3v) is 5.22. The first-order chi connectivity index (χ1) is 13.0. The fourth-order valence-corrected chi connectivity index (χ4v) is 3.77. The Hall–Kier alpha value is -1.96. The Morgan fingerprint density at radius 3 is 2.63 bits per heavy atom. The van der Waals surface area contributed by atoms with E-state index in [1.807, 2.05) is 43.3 Å². The summed E-state index contributed by atoms with van der Waals surface area (Å²) in [6.45, 7) is 2.75. The average Bonchev–Trinajstić information content (AvgIpc) is 2.93. The first kappa shape index (κ1) is 19.8. The van der Waals surface area contributed by atoms with Crippen LogP contribution in [0.1, 0.15) is 18.1 Å². The van der Waals surface area contributed by atoms with E-state index < -0.39 is 0 Å². The van der Waals surface area contributed by atoms with Crippen LogP contribution >= 0.6 is 39.3 Å². The minimum absolute atomic E-state index is 0.248. The Kier molecular flexibility index (Phi) is 6.46. The Morgan fingerprint density at radius 2 is 2.00 bits per heavy atom. The molecule has 2 aromatic carbocycles. The molecule has 0 aliphatic carbocycles. The van der Waals surface area contributed by atoms with Gasteiger partial charge in [-0.2, -0.15) is 4.99 Å². The maximum atomic E-state index is 11.8. The van der Waals surface area contributed by atoms with E-state index in [1.165, 1.54) is 0 Å². The summed E-state index contributed by atoms with van der Waals surface area (Å²) >= 11 is 10.6. The lowest BCUT2D eigenvalue weighted by atomic mass is 10.2. The van der Waals surface area contributed by atoms with Crippen molar-refractivity contribution in [1.82, 2.24) is 0 Å². The Balaban J connectivity index is 1.85. The van der Waals surface area contributed by atoms with Crippen molar-refractivity contribution in [3.63, 3.8) is 0 Å². The van der Waals surface area contributed by atoms with Crippen LogP contribution in [-0.4, -0.2) is 17.7 Å². The Morgan fingerprint density at radius 1 is 1.26 bits per heavy atom. The van der Waals surface area contributed by atoms with Crippen molar-refractivity contribution >= 4 is 56.4 Å². The minimum Gasteiger partial charge on any atom is -0.490 e. The monoisotopic (exact) mass is 466 g/mol. The number of nitrogens with two attached hydrogens (primary N) is 1. The van der Waals surface area contributed by atoms with Crippen molar-refractivity contribution in [3.8, 4) is 11.5 Å². The molecule has 0 saturated heterocycles. The molecule has 0 spiro atoms. The number of carbonyl (C=O) groups excluding carboxylic acids is 1. The van der Waals surface area contributed by atoms with Crippen molar-refractivity contribution in [2.24, 2.45) is 10.7 Å². The number of carbonyl (C=O) groups is 1. The van der Waals surface area contributed by atoms with Crippen molar-refractivity contribution in [1.29, 1.82) is 0 Å². The SMILES string of the molecule is CCOc1cc(/C=C2\SC(N)=NC2=O)cc(Br)c1OCc1ccc(Cl)cc1. The molecule has 8 heteroatoms. The van der Waals surface area contributed by atoms with Crippen LogP contribution in [0.3, 0.4) is 0 Å². The summed E-state index contributed by atoms with van der Waals surface area (Å²) in [5.41, 5.74) is 7.36. The maximum Gasteiger partial charge on any atom is 0.286 e. The minimum atomic E-state index is -0.338. The number of amidine groups is 1. The zero-order valence-corrected chi connectivity index (χ0v) is 17.5. The van der Waals surface area contributed by atoms with E-state index >= 15 is 0 Å². The van der Waals surface area contributed by atoms with Crippen LogP contribution in [-0.2, 0) is 11.4 Å². The molecule has 1 heterocycles. The fourth-order valence-electron chi connectivity index (χ4n) is 2.39. The standard InChI is InChI=1S/C19H16BrClN2O3S/c1-2-25-15-8-12(9-16-18(24)23-19(22)27-16)7-14(20)17(15)26-10-11-3-5-13(21)6-4-11/h3-9H,2,10H2,1H3,(H2,22,23,24)/b16-9-. The van der Waals surface area contributed by atoms with Crippen molar-refractivity contribution in [2.45, 2.75) is 13.5 Å². The molecule has 0 unspecified atom stereocenters. The summed E-state index contributed by atoms with van der Waals surface area (Å²) in [7, 11) is 0. The third kappa shape index (κ3) is 5.06. The molecule has 1 amide bonds. The molecule has 0 bridgehead atoms. The average molecular weight is 468 g/mol. The van der Waals surface area contributed by atoms with Gasteiger partial charge >= 0.3 is 0 Å². The number of thioether (sulfide) groups is 1. The molecule has 0 saturated carbocycles. The number of halogens is 2. The highest BCUT2D eigenvalue weighted by atomic mass is 79.9. The highest BCUT2D eigenvalue weighted by Crippen LogP contribution is 2.39. The van der Waals surface area contributed by atoms with Gasteiger partial charge in [0.2, 0.25) is 0 Å². The van der Waals surface area contributed by atoms with Gasteiger partial charge in [-0.3, -0.25) is 4.79 Å². The van der Waals surface area contributed by atoms with Gasteiger partial charge in [-0.1, -0.05) is 23.7 Å². The molecule has 1 aliphatic heterocycles. The molecule has 27 heavy (non-hydrogen) atoms. The Bertz CT molecular complexity index is 929. The van der Waals surface area contributed by atoms with Gasteiger partial charge in [0.25, 0.3) is 5.91 Å². The van der Waals surface area contributed by atoms with E-state index in [9.17, 15) is 4.79 Å². The Labute approximate surface area is 174 Å². The fraction of sp³-hybridized carbons (Fsp3) is 0.158. The topological polar surface area (TPSA) is 73.9 Å². The largest absolute Gasteiger partial charge is 0.490 e. The molecule has 140 valence electrons. The second kappa shape index (κ2) is 8.82. The molecule has 5 nitrogen and oxygen atoms in total. The van der Waals surface area contributed by atoms with Gasteiger partial charge in [-0.05, 0) is 76.1 Å². The zero-order chi connectivity index (χ0) is 19.4. The van der Waals surface area contributed by atoms with Crippen LogP contribution < -0.4 is 15.2 Å². The quantitative estimate of drug-likeness (QED) is 0.605. The number of ether oxygens (including phenoxy) is 2. The third-order valence-electron chi connectivity index (χ3n) is 3.56. The van der Waals surface area contributed by atoms with E-state index in [0.29, 0.717) is 34.6 Å². The predicted molar refractivity (Wildman–Crippen MR) is 113 cm³/mol. The van der Waals surface area contributed by atoms with Gasteiger partial charge in [-0.15, -0.1) is 0 Å². The van der Waals surface area contributed by atoms with Gasteiger partial charge in [0, 0.05) is 5.02 Å². The summed E-state index contributed by atoms with van der Waals surface area (Å²) in [5.74, 6) is 0.835. The molecular formula is C19H16BrClN2O3S. The van der Waals surface area contributed by atoms with Crippen molar-refractivity contribution < 1.29 is 14.3 Å². The van der Waals surface area contributed by atoms with E-state index in [2.05, 4.69) is 20.9 Å². The lowest BCUT2D eigenvalue weighted by Gasteiger charge is -2.15. The van der Waals surface area contributed by atoms with Gasteiger partial charge in [-0.25, -0.2) is 0 Å². The second-order valence-electron chi connectivity index (χ2n) is 5.54. The highest BCUT2D eigenvalue weighted by Gasteiger charge is 2.20. The highest BCUT2D eigenvalue weighted by molar-refractivity contribution is 9.10. The summed E-state index contributed by atoms with van der Waals surface area (Å²) in [4.78, 5) is 16.0. The van der Waals surface area contributed by atoms with E-state index in [0.717, 1.165) is 27.4 Å². The van der Waals surface area contributed by atoms with Gasteiger partial charge in [0.15, 0.2) is 16.7 Å². The number of rotatable bonds is 6. The maximum absolute atomic E-state index is 11.8. The molecule has 2 aromatic rings. The first-order valence-electron chi connectivity index (χ1n) is 8.08. The number of hydrogen-bond acceptors (Lipinski definition) is 5. The number of aliphatic imine (C=N–C) groups is 1. The van der Waals surface area contributed by atoms with Crippen LogP contribution in [0.4, 0.5) is 0 Å². The van der Waals surface area contributed by atoms with Crippen LogP contribution in [0.5, 0.6) is 11.5 Å². The molecular weight excluding hydrogens is 452 g/mol. The van der Waals surface area contributed by atoms with Crippen LogP contribution in [0.25, 0.3) is 6.08 Å². The van der Waals surface area contributed by atoms with Gasteiger partial charge in [0.05, 0.1) is 16.0 Å². The van der Waals surface area contributed by atoms with Gasteiger partial charge in [0.1, 0.15) is 6.61 Å². The smallest absolute Gasteiger partial charge is 0.286 e. The van der Waals surface area contributed by atoms with E-state index in [1.54, 1.807) is 6.08 Å². The molecule has 2 N–H and O–H groups in total. The van der Waals surface area contributed by atoms with E-state index in [4.69, 9.17) is 26.8 Å². The van der Waals surface area contributed by atoms with Gasteiger partial charge < -0.3 is 15.2 Å². The molecule has 0 radical (unpaired) electrons. The number of hydrogen-bond donors (Lipinski definition) is 1. The summed E-state index contributed by atoms with van der Waals surface area (Å²) in [5, 5.41) is 0.925. The molecule has 1 aliphatic rings. The lowest BCUT2D eigenvalue weighted by Crippen LogP contribution is -2.01. The normalized spacial score (nSPS) is 15.1. The number of nitrogens with zero attached hydrogens (tertiary/aromatic N) is 1. The number of benzene rings is 2. The van der Waals surface area contributed by atoms with Crippen LogP contribution in [0.2, 0.25) is 5.02 Å². The summed E-state index contributed by atoms with van der Waals surface area (Å²) < 4.78 is 12.4. The van der Waals surface area contributed by atoms with Crippen molar-refractivity contribution in [3.05, 3.63) is 61.9 Å². The lowest BCUT2D eigenvalue weighted by molar-refractivity contribution is -0.113. The predicted octanol–water partition coefficient (Wildman–Crippen LogP) is 5.01. The zero-order valence-electron chi connectivity index (χ0n) is 14.4. The molecule has 3 rings (SSSR count). The van der Waals surface area contributed by atoms with Crippen molar-refractivity contribution in [2.75, 3.05) is 6.61 Å². The molecule has 0 aromatic heterocycles. The summed E-state index contributed by atoms with van der Waals surface area (Å²) in [6, 6.07) is 11.1. The number of amides is 1.